The number of benzene rings is 1. The van der Waals surface area contributed by atoms with Gasteiger partial charge in [-0.25, -0.2) is 0 Å². The molecule has 0 bridgehead atoms. The van der Waals surface area contributed by atoms with Crippen molar-refractivity contribution in [2.75, 3.05) is 0 Å². The van der Waals surface area contributed by atoms with Crippen molar-refractivity contribution in [2.24, 2.45) is 0 Å². The Morgan fingerprint density at radius 1 is 1.36 bits per heavy atom. The van der Waals surface area contributed by atoms with Gasteiger partial charge in [0.05, 0.1) is 5.76 Å². The summed E-state index contributed by atoms with van der Waals surface area (Å²) in [5.41, 5.74) is 0.940. The van der Waals surface area contributed by atoms with Crippen LogP contribution < -0.4 is 0 Å². The first kappa shape index (κ1) is 7.66. The lowest BCUT2D eigenvalue weighted by atomic mass is 10.1. The number of aliphatic hydroxyl groups excluding tert-OH is 1. The van der Waals surface area contributed by atoms with Crippen molar-refractivity contribution in [1.82, 2.24) is 0 Å². The highest BCUT2D eigenvalue weighted by Crippen LogP contribution is 2.11. The van der Waals surface area contributed by atoms with Crippen molar-refractivity contribution in [1.29, 1.82) is 0 Å². The molecular formula is C9H10O2. The van der Waals surface area contributed by atoms with E-state index in [9.17, 15) is 0 Å². The van der Waals surface area contributed by atoms with Crippen LogP contribution in [0, 0.1) is 0 Å². The summed E-state index contributed by atoms with van der Waals surface area (Å²) < 4.78 is 0. The second kappa shape index (κ2) is 3.10. The van der Waals surface area contributed by atoms with Crippen molar-refractivity contribution in [3.05, 3.63) is 42.2 Å². The summed E-state index contributed by atoms with van der Waals surface area (Å²) in [5, 5.41) is 17.7. The average molecular weight is 152 g/mol. The molecule has 2 heteroatoms. The van der Waals surface area contributed by atoms with Gasteiger partial charge in [0.2, 0.25) is 0 Å². The highest BCUT2D eigenvalue weighted by atomic mass is 18.2. The van der Waals surface area contributed by atoms with Crippen molar-refractivity contribution in [2.45, 2.75) is 6.42 Å². The van der Waals surface area contributed by atoms with Crippen LogP contribution in [0.15, 0.2) is 36.6 Å². The molecule has 0 unspecified atom stereocenters. The van der Waals surface area contributed by atoms with Crippen LogP contribution in [0.1, 0.15) is 5.56 Å². The fraction of sp³-hybridized carbons (Fsp3) is 0.111. The maximum absolute atomic E-state index is 8.91. The van der Waals surface area contributed by atoms with E-state index < -0.39 is 0 Å². The first-order chi connectivity index (χ1) is 5.18. The van der Waals surface area contributed by atoms with Crippen LogP contribution in [0.25, 0.3) is 0 Å². The third-order valence-corrected chi connectivity index (χ3v) is 1.34. The van der Waals surface area contributed by atoms with Gasteiger partial charge in [-0.05, 0) is 17.7 Å². The molecule has 2 N–H and O–H groups in total. The molecule has 2 nitrogen and oxygen atoms in total. The molecule has 1 aromatic rings. The van der Waals surface area contributed by atoms with Crippen LogP contribution in [0.4, 0.5) is 0 Å². The fourth-order valence-electron chi connectivity index (χ4n) is 0.849. The van der Waals surface area contributed by atoms with Crippen LogP contribution in [0.3, 0.4) is 0 Å². The number of hydrogen-bond donors (Lipinski definition) is 2. The highest BCUT2D eigenvalue weighted by Gasteiger charge is 1.93. The van der Waals surface area contributed by atoms with Gasteiger partial charge < -0.3 is 10.2 Å². The molecule has 0 atom stereocenters. The molecule has 0 aliphatic carbocycles. The van der Waals surface area contributed by atoms with Crippen LogP contribution in [0.2, 0.25) is 0 Å². The Labute approximate surface area is 65.4 Å². The number of hydrogen-bond acceptors (Lipinski definition) is 2. The first-order valence-electron chi connectivity index (χ1n) is 3.33. The minimum Gasteiger partial charge on any atom is -0.513 e. The quantitative estimate of drug-likeness (QED) is 0.502. The summed E-state index contributed by atoms with van der Waals surface area (Å²) in [6.45, 7) is 3.37. The summed E-state index contributed by atoms with van der Waals surface area (Å²) in [6, 6.07) is 6.66. The molecule has 0 spiro atoms. The highest BCUT2D eigenvalue weighted by molar-refractivity contribution is 5.27. The van der Waals surface area contributed by atoms with E-state index in [0.717, 1.165) is 5.56 Å². The minimum atomic E-state index is 0.135. The molecule has 0 heterocycles. The Kier molecular flexibility index (Phi) is 2.16. The standard InChI is InChI=1S/C9H10O2/c1-7(10)6-8-2-4-9(11)5-3-8/h2-5,10-11H,1,6H2/i10+2. The number of aromatic hydroxyl groups is 1. The fourth-order valence-corrected chi connectivity index (χ4v) is 0.849. The van der Waals surface area contributed by atoms with Crippen LogP contribution in [0.5, 0.6) is 5.75 Å². The van der Waals surface area contributed by atoms with Gasteiger partial charge in [0.1, 0.15) is 5.75 Å². The molecule has 11 heavy (non-hydrogen) atoms. The van der Waals surface area contributed by atoms with Crippen molar-refractivity contribution in [3.63, 3.8) is 0 Å². The molecule has 0 aliphatic heterocycles. The maximum atomic E-state index is 8.91. The summed E-state index contributed by atoms with van der Waals surface area (Å²) in [6.07, 6.45) is 0.445. The summed E-state index contributed by atoms with van der Waals surface area (Å²) in [7, 11) is 0. The van der Waals surface area contributed by atoms with Gasteiger partial charge in [0.15, 0.2) is 0 Å². The second-order valence-corrected chi connectivity index (χ2v) is 2.41. The van der Waals surface area contributed by atoms with E-state index in [2.05, 4.69) is 6.58 Å². The third-order valence-electron chi connectivity index (χ3n) is 1.34. The zero-order chi connectivity index (χ0) is 8.27. The van der Waals surface area contributed by atoms with Crippen LogP contribution in [-0.4, -0.2) is 10.2 Å². The lowest BCUT2D eigenvalue weighted by Gasteiger charge is -1.98. The maximum Gasteiger partial charge on any atom is 0.115 e. The van der Waals surface area contributed by atoms with Gasteiger partial charge in [-0.2, -0.15) is 0 Å². The van der Waals surface area contributed by atoms with Gasteiger partial charge >= 0.3 is 0 Å². The van der Waals surface area contributed by atoms with E-state index >= 15 is 0 Å². The smallest absolute Gasteiger partial charge is 0.115 e. The van der Waals surface area contributed by atoms with E-state index in [4.69, 9.17) is 10.2 Å². The lowest BCUT2D eigenvalue weighted by molar-refractivity contribution is 0.401. The van der Waals surface area contributed by atoms with Crippen LogP contribution >= 0.6 is 0 Å². The summed E-state index contributed by atoms with van der Waals surface area (Å²) in [5.74, 6) is 0.369. The van der Waals surface area contributed by atoms with Gasteiger partial charge in [-0.15, -0.1) is 0 Å². The molecule has 0 saturated carbocycles. The van der Waals surface area contributed by atoms with E-state index in [1.807, 2.05) is 0 Å². The predicted octanol–water partition coefficient (Wildman–Crippen LogP) is 2.01. The molecule has 0 saturated heterocycles. The molecule has 0 radical (unpaired) electrons. The Morgan fingerprint density at radius 2 is 1.91 bits per heavy atom. The lowest BCUT2D eigenvalue weighted by Crippen LogP contribution is -1.85. The molecule has 0 amide bonds. The summed E-state index contributed by atoms with van der Waals surface area (Å²) in [4.78, 5) is 0. The zero-order valence-corrected chi connectivity index (χ0v) is 6.12. The minimum absolute atomic E-state index is 0.135. The predicted molar refractivity (Wildman–Crippen MR) is 43.6 cm³/mol. The molecule has 0 aromatic heterocycles. The monoisotopic (exact) mass is 152 g/mol. The van der Waals surface area contributed by atoms with E-state index in [1.54, 1.807) is 24.3 Å². The Balaban J connectivity index is 2.74. The number of allylic oxidation sites excluding steroid dienone is 1. The molecular weight excluding hydrogens is 142 g/mol. The molecule has 0 aliphatic rings. The van der Waals surface area contributed by atoms with Gasteiger partial charge in [-0.1, -0.05) is 18.7 Å². The topological polar surface area (TPSA) is 40.5 Å². The van der Waals surface area contributed by atoms with E-state index in [1.165, 1.54) is 0 Å². The van der Waals surface area contributed by atoms with Gasteiger partial charge in [-0.3, -0.25) is 0 Å². The van der Waals surface area contributed by atoms with Crippen molar-refractivity contribution >= 4 is 0 Å². The number of rotatable bonds is 2. The molecule has 1 aromatic carbocycles. The van der Waals surface area contributed by atoms with Crippen molar-refractivity contribution < 1.29 is 10.2 Å². The average Bonchev–Trinajstić information content (AvgIpc) is 1.93. The first-order valence-corrected chi connectivity index (χ1v) is 3.33. The Bertz CT molecular complexity index is 249. The summed E-state index contributed by atoms with van der Waals surface area (Å²) >= 11 is 0. The number of aliphatic hydroxyl groups is 1. The normalized spacial score (nSPS) is 9.45. The third kappa shape index (κ3) is 2.34. The second-order valence-electron chi connectivity index (χ2n) is 2.41. The van der Waals surface area contributed by atoms with Gasteiger partial charge in [0, 0.05) is 6.42 Å². The Hall–Kier alpha value is -1.44. The van der Waals surface area contributed by atoms with Gasteiger partial charge in [0.25, 0.3) is 0 Å². The van der Waals surface area contributed by atoms with Crippen molar-refractivity contribution in [3.8, 4) is 5.75 Å². The number of phenols is 1. The van der Waals surface area contributed by atoms with Crippen LogP contribution in [-0.2, 0) is 6.42 Å². The molecule has 1 rings (SSSR count). The molecule has 58 valence electrons. The largest absolute Gasteiger partial charge is 0.513 e. The number of phenolic OH excluding ortho intramolecular Hbond substituents is 1. The Morgan fingerprint density at radius 3 is 2.36 bits per heavy atom. The SMILES string of the molecule is C=C([18OH])Cc1ccc(O)cc1. The van der Waals surface area contributed by atoms with E-state index in [-0.39, 0.29) is 11.5 Å². The zero-order valence-electron chi connectivity index (χ0n) is 6.12. The van der Waals surface area contributed by atoms with E-state index in [0.29, 0.717) is 6.42 Å². The molecule has 0 fully saturated rings.